The summed E-state index contributed by atoms with van der Waals surface area (Å²) in [6, 6.07) is 11.4. The Morgan fingerprint density at radius 2 is 1.95 bits per heavy atom. The minimum atomic E-state index is -0.523. The Morgan fingerprint density at radius 3 is 2.65 bits per heavy atom. The second-order valence-corrected chi connectivity index (χ2v) is 11.7. The van der Waals surface area contributed by atoms with Crippen molar-refractivity contribution >= 4 is 34.3 Å². The molecule has 8 N–H and O–H groups in total. The van der Waals surface area contributed by atoms with E-state index in [1.807, 2.05) is 44.1 Å². The molecule has 0 amide bonds. The Bertz CT molecular complexity index is 1660. The third kappa shape index (κ3) is 8.13. The molecule has 0 aliphatic heterocycles. The Labute approximate surface area is 256 Å². The number of benzene rings is 2. The fourth-order valence-electron chi connectivity index (χ4n) is 4.98. The van der Waals surface area contributed by atoms with E-state index in [4.69, 9.17) is 28.8 Å². The summed E-state index contributed by atoms with van der Waals surface area (Å²) in [5.41, 5.74) is 21.1. The van der Waals surface area contributed by atoms with Gasteiger partial charge in [0.25, 0.3) is 0 Å². The van der Waals surface area contributed by atoms with Gasteiger partial charge in [0.15, 0.2) is 11.8 Å². The van der Waals surface area contributed by atoms with Crippen LogP contribution in [0.2, 0.25) is 5.02 Å². The molecule has 2 heterocycles. The summed E-state index contributed by atoms with van der Waals surface area (Å²) in [5.74, 6) is -0.434. The van der Waals surface area contributed by atoms with Crippen LogP contribution >= 0.6 is 11.6 Å². The minimum absolute atomic E-state index is 0.0495. The molecule has 12 heteroatoms. The highest BCUT2D eigenvalue weighted by atomic mass is 35.5. The third-order valence-electron chi connectivity index (χ3n) is 7.34. The molecule has 0 aliphatic carbocycles. The Hall–Kier alpha value is -3.93. The maximum absolute atomic E-state index is 15.1. The van der Waals surface area contributed by atoms with Gasteiger partial charge in [-0.1, -0.05) is 17.7 Å². The normalized spacial score (nSPS) is 12.8. The smallest absolute Gasteiger partial charge is 0.354 e. The largest absolute Gasteiger partial charge is 0.377 e. The topological polar surface area (TPSA) is 156 Å². The average molecular weight is 610 g/mol. The summed E-state index contributed by atoms with van der Waals surface area (Å²) in [6.07, 6.45) is 4.97. The van der Waals surface area contributed by atoms with Crippen molar-refractivity contribution in [2.75, 3.05) is 25.5 Å². The molecule has 4 aromatic rings. The molecule has 0 spiro atoms. The summed E-state index contributed by atoms with van der Waals surface area (Å²) in [4.78, 5) is 26.5. The van der Waals surface area contributed by atoms with Gasteiger partial charge in [-0.05, 0) is 81.0 Å². The van der Waals surface area contributed by atoms with E-state index in [9.17, 15) is 4.79 Å². The van der Waals surface area contributed by atoms with E-state index in [0.717, 1.165) is 42.5 Å². The predicted molar refractivity (Wildman–Crippen MR) is 175 cm³/mol. The highest BCUT2D eigenvalue weighted by molar-refractivity contribution is 6.31. The number of aromatic amines is 1. The number of anilines is 1. The van der Waals surface area contributed by atoms with Crippen molar-refractivity contribution in [3.05, 3.63) is 75.0 Å². The van der Waals surface area contributed by atoms with Crippen molar-refractivity contribution < 1.29 is 4.39 Å². The highest BCUT2D eigenvalue weighted by Crippen LogP contribution is 2.31. The number of aliphatic imine (C=N–C) groups is 1. The molecule has 4 rings (SSSR count). The van der Waals surface area contributed by atoms with E-state index < -0.39 is 11.5 Å². The number of guanidine groups is 1. The monoisotopic (exact) mass is 609 g/mol. The first-order chi connectivity index (χ1) is 20.4. The van der Waals surface area contributed by atoms with Gasteiger partial charge in [-0.2, -0.15) is 4.98 Å². The second kappa shape index (κ2) is 14.0. The Morgan fingerprint density at radius 1 is 1.19 bits per heavy atom. The van der Waals surface area contributed by atoms with E-state index in [0.29, 0.717) is 41.1 Å². The minimum Gasteiger partial charge on any atom is -0.377 e. The molecule has 0 saturated heterocycles. The third-order valence-corrected chi connectivity index (χ3v) is 7.61. The first kappa shape index (κ1) is 32.0. The first-order valence-corrected chi connectivity index (χ1v) is 14.8. The zero-order valence-corrected chi connectivity index (χ0v) is 25.9. The Balaban J connectivity index is 1.61. The molecule has 0 saturated carbocycles. The zero-order chi connectivity index (χ0) is 31.3. The number of aromatic nitrogens is 3. The number of nitrogens with two attached hydrogens (primary N) is 3. The number of aryl methyl sites for hydroxylation is 1. The number of halogens is 2. The van der Waals surface area contributed by atoms with Crippen LogP contribution < -0.4 is 33.1 Å². The molecule has 2 aromatic carbocycles. The van der Waals surface area contributed by atoms with E-state index >= 15 is 4.39 Å². The lowest BCUT2D eigenvalue weighted by atomic mass is 10.0. The fraction of sp³-hybridized carbons (Fsp3) is 0.387. The van der Waals surface area contributed by atoms with E-state index in [1.165, 1.54) is 4.57 Å². The molecule has 0 radical (unpaired) electrons. The van der Waals surface area contributed by atoms with Gasteiger partial charge in [0.2, 0.25) is 0 Å². The first-order valence-electron chi connectivity index (χ1n) is 14.4. The van der Waals surface area contributed by atoms with Gasteiger partial charge in [-0.25, -0.2) is 9.18 Å². The molecular weight excluding hydrogens is 569 g/mol. The molecule has 0 unspecified atom stereocenters. The lowest BCUT2D eigenvalue weighted by Gasteiger charge is -2.21. The molecule has 0 bridgehead atoms. The molecule has 2 aromatic heterocycles. The number of nitrogens with zero attached hydrogens (tertiary/aromatic N) is 4. The summed E-state index contributed by atoms with van der Waals surface area (Å²) >= 11 is 6.26. The standard InChI is InChI=1S/C31H41ClFN9O/c1-18(34)6-5-7-20-12-24(28(33)25(32)13-20)26-14-22-17-42(31(43)40-29(22)39-26)23-9-8-21(27(15-23)41(3)4)16-38-19(2)10-11-37-30(35)36/h8-9,12-15,17-19,38H,5-7,10-11,16,34H2,1-4H3,(H4,35,36,37)(H,39,40,43)/t18-,19-/m0/s1. The Kier molecular flexibility index (Phi) is 10.4. The van der Waals surface area contributed by atoms with E-state index in [1.54, 1.807) is 24.4 Å². The van der Waals surface area contributed by atoms with Crippen molar-refractivity contribution in [2.24, 2.45) is 22.2 Å². The molecule has 0 aliphatic rings. The number of rotatable bonds is 13. The zero-order valence-electron chi connectivity index (χ0n) is 25.1. The second-order valence-electron chi connectivity index (χ2n) is 11.3. The molecule has 10 nitrogen and oxygen atoms in total. The maximum atomic E-state index is 15.1. The molecule has 2 atom stereocenters. The van der Waals surface area contributed by atoms with Crippen molar-refractivity contribution in [1.29, 1.82) is 0 Å². The van der Waals surface area contributed by atoms with Gasteiger partial charge in [0.1, 0.15) is 5.65 Å². The van der Waals surface area contributed by atoms with Crippen LogP contribution in [0.25, 0.3) is 28.0 Å². The van der Waals surface area contributed by atoms with Crippen molar-refractivity contribution in [1.82, 2.24) is 19.9 Å². The molecule has 0 fully saturated rings. The predicted octanol–water partition coefficient (Wildman–Crippen LogP) is 4.05. The number of fused-ring (bicyclic) bond motifs is 1. The van der Waals surface area contributed by atoms with Gasteiger partial charge in [0.05, 0.1) is 16.4 Å². The van der Waals surface area contributed by atoms with E-state index in [2.05, 4.69) is 27.2 Å². The van der Waals surface area contributed by atoms with Crippen LogP contribution in [-0.2, 0) is 13.0 Å². The lowest BCUT2D eigenvalue weighted by molar-refractivity contribution is 0.520. The van der Waals surface area contributed by atoms with Crippen molar-refractivity contribution in [2.45, 2.75) is 58.2 Å². The van der Waals surface area contributed by atoms with Crippen molar-refractivity contribution in [3.63, 3.8) is 0 Å². The lowest BCUT2D eigenvalue weighted by Crippen LogP contribution is -2.28. The van der Waals surface area contributed by atoms with Crippen LogP contribution in [0.1, 0.15) is 44.2 Å². The SMILES string of the molecule is C[C@H](N)CCCc1cc(Cl)c(F)c(-c2cc3cn(-c4ccc(CN[C@@H](C)CCN=C(N)N)c(N(C)C)c4)c(=O)nc3[nH]2)c1. The maximum Gasteiger partial charge on any atom is 0.354 e. The van der Waals surface area contributed by atoms with E-state index in [-0.39, 0.29) is 23.1 Å². The summed E-state index contributed by atoms with van der Waals surface area (Å²) in [6.45, 7) is 5.22. The summed E-state index contributed by atoms with van der Waals surface area (Å²) in [7, 11) is 3.91. The number of hydrogen-bond donors (Lipinski definition) is 5. The number of hydrogen-bond acceptors (Lipinski definition) is 6. The van der Waals surface area contributed by atoms with Gasteiger partial charge < -0.3 is 32.4 Å². The summed E-state index contributed by atoms with van der Waals surface area (Å²) in [5, 5.41) is 4.22. The van der Waals surface area contributed by atoms with Gasteiger partial charge in [-0.3, -0.25) is 9.56 Å². The molecule has 230 valence electrons. The van der Waals surface area contributed by atoms with Gasteiger partial charge in [-0.15, -0.1) is 0 Å². The highest BCUT2D eigenvalue weighted by Gasteiger charge is 2.16. The van der Waals surface area contributed by atoms with Crippen molar-refractivity contribution in [3.8, 4) is 16.9 Å². The quantitative estimate of drug-likeness (QED) is 0.113. The number of H-pyrrole nitrogens is 1. The van der Waals surface area contributed by atoms with Crippen LogP contribution in [0.4, 0.5) is 10.1 Å². The van der Waals surface area contributed by atoms with Gasteiger partial charge in [0, 0.05) is 62.1 Å². The van der Waals surface area contributed by atoms with Gasteiger partial charge >= 0.3 is 5.69 Å². The van der Waals surface area contributed by atoms with Crippen LogP contribution in [0.5, 0.6) is 0 Å². The molecule has 43 heavy (non-hydrogen) atoms. The average Bonchev–Trinajstić information content (AvgIpc) is 3.35. The van der Waals surface area contributed by atoms with Crippen LogP contribution in [-0.4, -0.2) is 53.2 Å². The van der Waals surface area contributed by atoms with Crippen LogP contribution in [0, 0.1) is 5.82 Å². The number of nitrogens with one attached hydrogen (secondary N) is 2. The van der Waals surface area contributed by atoms with Crippen LogP contribution in [0.3, 0.4) is 0 Å². The summed E-state index contributed by atoms with van der Waals surface area (Å²) < 4.78 is 16.6. The fourth-order valence-corrected chi connectivity index (χ4v) is 5.22. The molecular formula is C31H41ClFN9O. The van der Waals surface area contributed by atoms with Crippen LogP contribution in [0.15, 0.2) is 52.4 Å².